The van der Waals surface area contributed by atoms with Gasteiger partial charge >= 0.3 is 0 Å². The fourth-order valence-corrected chi connectivity index (χ4v) is 4.35. The van der Waals surface area contributed by atoms with Crippen molar-refractivity contribution in [3.8, 4) is 0 Å². The molecular weight excluding hydrogens is 236 g/mol. The molecule has 2 rings (SSSR count). The lowest BCUT2D eigenvalue weighted by molar-refractivity contribution is -0.183. The number of hydrogen-bond donors (Lipinski definition) is 1. The predicted octanol–water partition coefficient (Wildman–Crippen LogP) is 2.78. The highest BCUT2D eigenvalue weighted by Gasteiger charge is 2.41. The monoisotopic (exact) mass is 268 g/mol. The van der Waals surface area contributed by atoms with Gasteiger partial charge in [0.15, 0.2) is 0 Å². The van der Waals surface area contributed by atoms with Crippen molar-refractivity contribution < 1.29 is 4.74 Å². The first-order valence-electron chi connectivity index (χ1n) is 7.81. The highest BCUT2D eigenvalue weighted by molar-refractivity contribution is 4.97. The van der Waals surface area contributed by atoms with Gasteiger partial charge < -0.3 is 10.5 Å². The molecule has 1 heterocycles. The minimum absolute atomic E-state index is 0.0150. The maximum absolute atomic E-state index is 6.67. The van der Waals surface area contributed by atoms with Gasteiger partial charge in [-0.3, -0.25) is 4.90 Å². The molecule has 0 aromatic heterocycles. The van der Waals surface area contributed by atoms with Crippen LogP contribution in [0, 0.1) is 5.92 Å². The Morgan fingerprint density at radius 2 is 1.74 bits per heavy atom. The molecule has 0 aromatic carbocycles. The van der Waals surface area contributed by atoms with Crippen molar-refractivity contribution in [3.05, 3.63) is 0 Å². The molecule has 3 heteroatoms. The van der Waals surface area contributed by atoms with E-state index in [9.17, 15) is 0 Å². The second kappa shape index (κ2) is 5.01. The molecule has 2 aliphatic rings. The van der Waals surface area contributed by atoms with E-state index in [0.717, 1.165) is 25.6 Å². The molecule has 0 bridgehead atoms. The van der Waals surface area contributed by atoms with Gasteiger partial charge in [0.2, 0.25) is 0 Å². The third kappa shape index (κ3) is 4.17. The minimum Gasteiger partial charge on any atom is -0.367 e. The smallest absolute Gasteiger partial charge is 0.0760 e. The highest BCUT2D eigenvalue weighted by atomic mass is 16.5. The third-order valence-electron chi connectivity index (χ3n) is 4.43. The van der Waals surface area contributed by atoms with Crippen molar-refractivity contribution in [3.63, 3.8) is 0 Å². The van der Waals surface area contributed by atoms with Crippen molar-refractivity contribution in [2.24, 2.45) is 11.7 Å². The lowest BCUT2D eigenvalue weighted by Crippen LogP contribution is -2.62. The Labute approximate surface area is 118 Å². The lowest BCUT2D eigenvalue weighted by atomic mass is 9.76. The topological polar surface area (TPSA) is 38.5 Å². The van der Waals surface area contributed by atoms with E-state index in [2.05, 4.69) is 39.5 Å². The minimum atomic E-state index is -0.0710. The summed E-state index contributed by atoms with van der Waals surface area (Å²) in [6, 6.07) is 0. The van der Waals surface area contributed by atoms with E-state index in [1.54, 1.807) is 0 Å². The predicted molar refractivity (Wildman–Crippen MR) is 80.2 cm³/mol. The molecule has 1 aliphatic heterocycles. The summed E-state index contributed by atoms with van der Waals surface area (Å²) in [7, 11) is 0. The standard InChI is InChI=1S/C16H32N2O/c1-13-7-6-8-16(17,9-13)12-18-10-14(2,3)19-15(4,5)11-18/h13H,6-12,17H2,1-5H3. The highest BCUT2D eigenvalue weighted by Crippen LogP contribution is 2.34. The zero-order valence-electron chi connectivity index (χ0n) is 13.5. The van der Waals surface area contributed by atoms with Crippen LogP contribution in [0.15, 0.2) is 0 Å². The average Bonchev–Trinajstić information content (AvgIpc) is 2.09. The summed E-state index contributed by atoms with van der Waals surface area (Å²) in [6.07, 6.45) is 4.98. The molecule has 2 fully saturated rings. The van der Waals surface area contributed by atoms with Crippen LogP contribution >= 0.6 is 0 Å². The molecule has 0 amide bonds. The third-order valence-corrected chi connectivity index (χ3v) is 4.43. The zero-order valence-corrected chi connectivity index (χ0v) is 13.5. The Morgan fingerprint density at radius 3 is 2.26 bits per heavy atom. The van der Waals surface area contributed by atoms with Gasteiger partial charge in [-0.1, -0.05) is 19.8 Å². The van der Waals surface area contributed by atoms with Crippen LogP contribution < -0.4 is 5.73 Å². The van der Waals surface area contributed by atoms with Crippen LogP contribution in [0.1, 0.15) is 60.3 Å². The number of nitrogens with two attached hydrogens (primary N) is 1. The van der Waals surface area contributed by atoms with Gasteiger partial charge in [0.25, 0.3) is 0 Å². The Bertz CT molecular complexity index is 311. The van der Waals surface area contributed by atoms with Gasteiger partial charge in [0, 0.05) is 25.2 Å². The summed E-state index contributed by atoms with van der Waals surface area (Å²) in [5, 5.41) is 0. The Hall–Kier alpha value is -0.120. The van der Waals surface area contributed by atoms with E-state index < -0.39 is 0 Å². The van der Waals surface area contributed by atoms with Crippen molar-refractivity contribution in [1.29, 1.82) is 0 Å². The number of nitrogens with zero attached hydrogens (tertiary/aromatic N) is 1. The first-order chi connectivity index (χ1) is 8.59. The molecule has 0 aromatic rings. The van der Waals surface area contributed by atoms with Crippen LogP contribution in [0.4, 0.5) is 0 Å². The average molecular weight is 268 g/mol. The second-order valence-electron chi connectivity index (χ2n) is 8.33. The van der Waals surface area contributed by atoms with Gasteiger partial charge in [-0.15, -0.1) is 0 Å². The molecule has 1 aliphatic carbocycles. The zero-order chi connectivity index (χ0) is 14.3. The van der Waals surface area contributed by atoms with E-state index in [0.29, 0.717) is 0 Å². The van der Waals surface area contributed by atoms with E-state index in [4.69, 9.17) is 10.5 Å². The van der Waals surface area contributed by atoms with E-state index in [1.165, 1.54) is 25.7 Å². The number of morpholine rings is 1. The molecule has 0 radical (unpaired) electrons. The van der Waals surface area contributed by atoms with Crippen LogP contribution in [-0.4, -0.2) is 41.3 Å². The Kier molecular flexibility index (Phi) is 4.03. The van der Waals surface area contributed by atoms with E-state index >= 15 is 0 Å². The van der Waals surface area contributed by atoms with Gasteiger partial charge in [-0.25, -0.2) is 0 Å². The number of hydrogen-bond acceptors (Lipinski definition) is 3. The summed E-state index contributed by atoms with van der Waals surface area (Å²) < 4.78 is 6.15. The van der Waals surface area contributed by atoms with Crippen LogP contribution in [-0.2, 0) is 4.74 Å². The molecule has 19 heavy (non-hydrogen) atoms. The Morgan fingerprint density at radius 1 is 1.16 bits per heavy atom. The fraction of sp³-hybridized carbons (Fsp3) is 1.00. The lowest BCUT2D eigenvalue weighted by Gasteiger charge is -2.50. The molecule has 2 N–H and O–H groups in total. The summed E-state index contributed by atoms with van der Waals surface area (Å²) in [5.41, 5.74) is 6.55. The number of rotatable bonds is 2. The largest absolute Gasteiger partial charge is 0.367 e. The number of ether oxygens (including phenoxy) is 1. The fourth-order valence-electron chi connectivity index (χ4n) is 4.35. The molecule has 0 spiro atoms. The van der Waals surface area contributed by atoms with Crippen LogP contribution in [0.2, 0.25) is 0 Å². The molecule has 3 nitrogen and oxygen atoms in total. The molecule has 1 saturated carbocycles. The molecular formula is C16H32N2O. The maximum atomic E-state index is 6.67. The summed E-state index contributed by atoms with van der Waals surface area (Å²) in [4.78, 5) is 2.53. The van der Waals surface area contributed by atoms with Gasteiger partial charge in [0.1, 0.15) is 0 Å². The van der Waals surface area contributed by atoms with Crippen LogP contribution in [0.25, 0.3) is 0 Å². The maximum Gasteiger partial charge on any atom is 0.0760 e. The van der Waals surface area contributed by atoms with Gasteiger partial charge in [-0.2, -0.15) is 0 Å². The second-order valence-corrected chi connectivity index (χ2v) is 8.33. The van der Waals surface area contributed by atoms with Crippen LogP contribution in [0.3, 0.4) is 0 Å². The molecule has 2 unspecified atom stereocenters. The van der Waals surface area contributed by atoms with Gasteiger partial charge in [-0.05, 0) is 46.5 Å². The van der Waals surface area contributed by atoms with E-state index in [1.807, 2.05) is 0 Å². The molecule has 1 saturated heterocycles. The normalized spacial score (nSPS) is 39.2. The van der Waals surface area contributed by atoms with Gasteiger partial charge in [0.05, 0.1) is 11.2 Å². The van der Waals surface area contributed by atoms with Crippen molar-refractivity contribution in [2.45, 2.75) is 77.0 Å². The first-order valence-corrected chi connectivity index (χ1v) is 7.81. The Balaban J connectivity index is 2.01. The summed E-state index contributed by atoms with van der Waals surface area (Å²) >= 11 is 0. The SMILES string of the molecule is CC1CCCC(N)(CN2CC(C)(C)OC(C)(C)C2)C1. The molecule has 2 atom stereocenters. The van der Waals surface area contributed by atoms with E-state index in [-0.39, 0.29) is 16.7 Å². The summed E-state index contributed by atoms with van der Waals surface area (Å²) in [6.45, 7) is 14.1. The van der Waals surface area contributed by atoms with Crippen molar-refractivity contribution in [1.82, 2.24) is 4.90 Å². The quantitative estimate of drug-likeness (QED) is 0.837. The van der Waals surface area contributed by atoms with Crippen molar-refractivity contribution >= 4 is 0 Å². The molecule has 112 valence electrons. The first kappa shape index (κ1) is 15.3. The van der Waals surface area contributed by atoms with Crippen molar-refractivity contribution in [2.75, 3.05) is 19.6 Å². The summed E-state index contributed by atoms with van der Waals surface area (Å²) in [5.74, 6) is 0.779. The van der Waals surface area contributed by atoms with Crippen LogP contribution in [0.5, 0.6) is 0 Å².